The second kappa shape index (κ2) is 5.57. The van der Waals surface area contributed by atoms with Gasteiger partial charge < -0.3 is 10.2 Å². The van der Waals surface area contributed by atoms with Crippen LogP contribution in [0.1, 0.15) is 41.3 Å². The maximum absolute atomic E-state index is 12.5. The van der Waals surface area contributed by atoms with E-state index in [2.05, 4.69) is 0 Å². The minimum absolute atomic E-state index is 0.127. The van der Waals surface area contributed by atoms with Crippen LogP contribution < -0.4 is 0 Å². The number of ketones is 1. The molecule has 0 aliphatic heterocycles. The molecular formula is C17H18O3. The lowest BCUT2D eigenvalue weighted by Gasteiger charge is -2.22. The van der Waals surface area contributed by atoms with Crippen LogP contribution in [0, 0.1) is 0 Å². The molecule has 3 heteroatoms. The first-order chi connectivity index (χ1) is 9.44. The second-order valence-corrected chi connectivity index (χ2v) is 5.11. The number of benzene rings is 2. The fourth-order valence-corrected chi connectivity index (χ4v) is 2.20. The Bertz CT molecular complexity index is 601. The van der Waals surface area contributed by atoms with Crippen molar-refractivity contribution in [2.24, 2.45) is 0 Å². The van der Waals surface area contributed by atoms with Gasteiger partial charge in [-0.2, -0.15) is 0 Å². The first kappa shape index (κ1) is 14.4. The van der Waals surface area contributed by atoms with Crippen LogP contribution in [0.3, 0.4) is 0 Å². The summed E-state index contributed by atoms with van der Waals surface area (Å²) in [4.78, 5) is 12.5. The third kappa shape index (κ3) is 2.64. The molecule has 0 spiro atoms. The number of aliphatic hydroxyl groups is 2. The zero-order valence-electron chi connectivity index (χ0n) is 11.6. The van der Waals surface area contributed by atoms with E-state index in [4.69, 9.17) is 0 Å². The van der Waals surface area contributed by atoms with Crippen LogP contribution in [0.25, 0.3) is 0 Å². The zero-order chi connectivity index (χ0) is 14.8. The monoisotopic (exact) mass is 270 g/mol. The molecule has 0 fully saturated rings. The van der Waals surface area contributed by atoms with Gasteiger partial charge in [0.05, 0.1) is 0 Å². The fourth-order valence-electron chi connectivity index (χ4n) is 2.20. The van der Waals surface area contributed by atoms with Gasteiger partial charge in [0.1, 0.15) is 0 Å². The fraction of sp³-hybridized carbons (Fsp3) is 0.235. The van der Waals surface area contributed by atoms with Crippen molar-refractivity contribution in [3.05, 3.63) is 71.3 Å². The van der Waals surface area contributed by atoms with Crippen LogP contribution in [0.4, 0.5) is 0 Å². The van der Waals surface area contributed by atoms with Gasteiger partial charge in [-0.25, -0.2) is 0 Å². The Morgan fingerprint density at radius 3 is 2.10 bits per heavy atom. The van der Waals surface area contributed by atoms with Crippen LogP contribution >= 0.6 is 0 Å². The van der Waals surface area contributed by atoms with Gasteiger partial charge in [-0.15, -0.1) is 0 Å². The maximum atomic E-state index is 12.5. The van der Waals surface area contributed by atoms with E-state index in [1.54, 1.807) is 30.3 Å². The number of carbonyl (C=O) groups is 1. The van der Waals surface area contributed by atoms with E-state index in [1.165, 1.54) is 12.1 Å². The summed E-state index contributed by atoms with van der Waals surface area (Å²) >= 11 is 0. The first-order valence-electron chi connectivity index (χ1n) is 6.58. The molecule has 2 N–H and O–H groups in total. The van der Waals surface area contributed by atoms with Gasteiger partial charge in [-0.3, -0.25) is 4.79 Å². The SMILES string of the molecule is CC(C)c1ccccc1C(=O)C(O)(O)c1ccccc1. The molecule has 0 amide bonds. The predicted molar refractivity (Wildman–Crippen MR) is 77.4 cm³/mol. The Hall–Kier alpha value is -1.97. The Balaban J connectivity index is 2.46. The lowest BCUT2D eigenvalue weighted by molar-refractivity contribution is -0.128. The molecule has 0 aliphatic carbocycles. The van der Waals surface area contributed by atoms with Gasteiger partial charge in [0, 0.05) is 11.1 Å². The number of hydrogen-bond acceptors (Lipinski definition) is 3. The van der Waals surface area contributed by atoms with Crippen molar-refractivity contribution >= 4 is 5.78 Å². The highest BCUT2D eigenvalue weighted by Gasteiger charge is 2.37. The maximum Gasteiger partial charge on any atom is 0.256 e. The lowest BCUT2D eigenvalue weighted by Crippen LogP contribution is -2.36. The van der Waals surface area contributed by atoms with Crippen LogP contribution in [-0.2, 0) is 5.79 Å². The highest BCUT2D eigenvalue weighted by molar-refractivity contribution is 6.02. The van der Waals surface area contributed by atoms with E-state index in [0.29, 0.717) is 5.56 Å². The second-order valence-electron chi connectivity index (χ2n) is 5.11. The first-order valence-corrected chi connectivity index (χ1v) is 6.58. The van der Waals surface area contributed by atoms with E-state index in [0.717, 1.165) is 5.56 Å². The van der Waals surface area contributed by atoms with Crippen LogP contribution in [0.5, 0.6) is 0 Å². The summed E-state index contributed by atoms with van der Waals surface area (Å²) in [5, 5.41) is 20.4. The Labute approximate surface area is 118 Å². The normalized spacial score (nSPS) is 11.7. The quantitative estimate of drug-likeness (QED) is 0.663. The topological polar surface area (TPSA) is 57.5 Å². The predicted octanol–water partition coefficient (Wildman–Crippen LogP) is 2.83. The van der Waals surface area contributed by atoms with Crippen molar-refractivity contribution < 1.29 is 15.0 Å². The zero-order valence-corrected chi connectivity index (χ0v) is 11.6. The Kier molecular flexibility index (Phi) is 4.02. The van der Waals surface area contributed by atoms with Crippen molar-refractivity contribution in [2.75, 3.05) is 0 Å². The van der Waals surface area contributed by atoms with Gasteiger partial charge in [-0.1, -0.05) is 68.4 Å². The average molecular weight is 270 g/mol. The standard InChI is InChI=1S/C17H18O3/c1-12(2)14-10-6-7-11-15(14)16(18)17(19,20)13-8-4-3-5-9-13/h3-12,19-20H,1-2H3. The highest BCUT2D eigenvalue weighted by Crippen LogP contribution is 2.27. The summed E-state index contributed by atoms with van der Waals surface area (Å²) in [6.07, 6.45) is 0. The van der Waals surface area contributed by atoms with E-state index >= 15 is 0 Å². The summed E-state index contributed by atoms with van der Waals surface area (Å²) in [5.41, 5.74) is 1.32. The van der Waals surface area contributed by atoms with Crippen molar-refractivity contribution in [1.29, 1.82) is 0 Å². The summed E-state index contributed by atoms with van der Waals surface area (Å²) in [6, 6.07) is 15.2. The van der Waals surface area contributed by atoms with Crippen LogP contribution in [-0.4, -0.2) is 16.0 Å². The van der Waals surface area contributed by atoms with Gasteiger partial charge in [0.15, 0.2) is 0 Å². The van der Waals surface area contributed by atoms with Crippen LogP contribution in [0.2, 0.25) is 0 Å². The molecule has 0 atom stereocenters. The van der Waals surface area contributed by atoms with E-state index in [-0.39, 0.29) is 11.5 Å². The molecule has 0 bridgehead atoms. The van der Waals surface area contributed by atoms with Crippen molar-refractivity contribution in [2.45, 2.75) is 25.6 Å². The summed E-state index contributed by atoms with van der Waals surface area (Å²) in [5.74, 6) is -3.08. The molecule has 20 heavy (non-hydrogen) atoms. The summed E-state index contributed by atoms with van der Waals surface area (Å²) in [6.45, 7) is 3.93. The van der Waals surface area contributed by atoms with Gasteiger partial charge in [0.25, 0.3) is 5.79 Å². The minimum Gasteiger partial charge on any atom is -0.356 e. The molecule has 2 aromatic carbocycles. The molecule has 0 radical (unpaired) electrons. The molecule has 3 nitrogen and oxygen atoms in total. The van der Waals surface area contributed by atoms with Crippen molar-refractivity contribution in [3.63, 3.8) is 0 Å². The van der Waals surface area contributed by atoms with Gasteiger partial charge >= 0.3 is 0 Å². The van der Waals surface area contributed by atoms with Gasteiger partial charge in [0.2, 0.25) is 5.78 Å². The minimum atomic E-state index is -2.51. The van der Waals surface area contributed by atoms with Crippen LogP contribution in [0.15, 0.2) is 54.6 Å². The number of hydrogen-bond donors (Lipinski definition) is 2. The molecule has 0 unspecified atom stereocenters. The molecular weight excluding hydrogens is 252 g/mol. The average Bonchev–Trinajstić information content (AvgIpc) is 2.47. The van der Waals surface area contributed by atoms with E-state index < -0.39 is 11.6 Å². The molecule has 2 rings (SSSR count). The molecule has 2 aromatic rings. The molecule has 0 heterocycles. The third-order valence-corrected chi connectivity index (χ3v) is 3.32. The molecule has 0 saturated heterocycles. The largest absolute Gasteiger partial charge is 0.356 e. The van der Waals surface area contributed by atoms with Crippen molar-refractivity contribution in [1.82, 2.24) is 0 Å². The summed E-state index contributed by atoms with van der Waals surface area (Å²) in [7, 11) is 0. The van der Waals surface area contributed by atoms with Gasteiger partial charge in [-0.05, 0) is 11.5 Å². The number of carbonyl (C=O) groups excluding carboxylic acids is 1. The molecule has 0 saturated carbocycles. The smallest absolute Gasteiger partial charge is 0.256 e. The lowest BCUT2D eigenvalue weighted by atomic mass is 9.89. The third-order valence-electron chi connectivity index (χ3n) is 3.32. The molecule has 104 valence electrons. The van der Waals surface area contributed by atoms with E-state index in [1.807, 2.05) is 26.0 Å². The molecule has 0 aromatic heterocycles. The molecule has 0 aliphatic rings. The van der Waals surface area contributed by atoms with Crippen molar-refractivity contribution in [3.8, 4) is 0 Å². The number of Topliss-reactive ketones (excluding diaryl/α,β-unsaturated/α-hetero) is 1. The van der Waals surface area contributed by atoms with E-state index in [9.17, 15) is 15.0 Å². The number of rotatable bonds is 4. The summed E-state index contributed by atoms with van der Waals surface area (Å²) < 4.78 is 0. The highest BCUT2D eigenvalue weighted by atomic mass is 16.5. The Morgan fingerprint density at radius 2 is 1.50 bits per heavy atom. The Morgan fingerprint density at radius 1 is 0.950 bits per heavy atom.